The van der Waals surface area contributed by atoms with Gasteiger partial charge < -0.3 is 4.74 Å². The fourth-order valence-corrected chi connectivity index (χ4v) is 2.57. The fraction of sp³-hybridized carbons (Fsp3) is 0.625. The maximum absolute atomic E-state index is 5.60. The maximum atomic E-state index is 5.60. The lowest BCUT2D eigenvalue weighted by atomic mass is 9.98. The van der Waals surface area contributed by atoms with Crippen LogP contribution in [0.25, 0.3) is 0 Å². The van der Waals surface area contributed by atoms with Crippen LogP contribution in [0, 0.1) is 5.92 Å². The van der Waals surface area contributed by atoms with E-state index in [0.29, 0.717) is 0 Å². The first-order valence-corrected chi connectivity index (χ1v) is 7.01. The summed E-state index contributed by atoms with van der Waals surface area (Å²) in [5.41, 5.74) is 2.99. The van der Waals surface area contributed by atoms with Crippen LogP contribution in [0.3, 0.4) is 0 Å². The van der Waals surface area contributed by atoms with Gasteiger partial charge in [-0.15, -0.1) is 0 Å². The van der Waals surface area contributed by atoms with E-state index in [-0.39, 0.29) is 0 Å². The molecule has 0 spiro atoms. The molecule has 0 bridgehead atoms. The van der Waals surface area contributed by atoms with Gasteiger partial charge in [-0.2, -0.15) is 0 Å². The third-order valence-corrected chi connectivity index (χ3v) is 3.57. The second-order valence-corrected chi connectivity index (χ2v) is 5.49. The van der Waals surface area contributed by atoms with Crippen molar-refractivity contribution in [2.45, 2.75) is 52.4 Å². The number of benzene rings is 1. The highest BCUT2D eigenvalue weighted by Crippen LogP contribution is 2.29. The van der Waals surface area contributed by atoms with Crippen LogP contribution in [0.4, 0.5) is 0 Å². The lowest BCUT2D eigenvalue weighted by molar-refractivity contribution is 0.357. The molecular weight excluding hydrogens is 208 g/mol. The zero-order chi connectivity index (χ0) is 12.1. The Morgan fingerprint density at radius 2 is 2.06 bits per heavy atom. The summed E-state index contributed by atoms with van der Waals surface area (Å²) in [5, 5.41) is 0. The third-order valence-electron chi connectivity index (χ3n) is 3.57. The molecule has 0 saturated heterocycles. The molecule has 1 aromatic carbocycles. The first-order chi connectivity index (χ1) is 8.27. The van der Waals surface area contributed by atoms with Crippen LogP contribution in [0.15, 0.2) is 18.2 Å². The second-order valence-electron chi connectivity index (χ2n) is 5.49. The Kier molecular flexibility index (Phi) is 4.47. The van der Waals surface area contributed by atoms with Crippen LogP contribution in [-0.4, -0.2) is 6.61 Å². The van der Waals surface area contributed by atoms with Crippen molar-refractivity contribution >= 4 is 0 Å². The van der Waals surface area contributed by atoms with Gasteiger partial charge in [0.2, 0.25) is 0 Å². The van der Waals surface area contributed by atoms with Crippen molar-refractivity contribution in [1.82, 2.24) is 0 Å². The van der Waals surface area contributed by atoms with Crippen molar-refractivity contribution in [3.8, 4) is 5.75 Å². The summed E-state index contributed by atoms with van der Waals surface area (Å²) in [6, 6.07) is 6.51. The third kappa shape index (κ3) is 3.49. The fourth-order valence-electron chi connectivity index (χ4n) is 2.57. The van der Waals surface area contributed by atoms with E-state index in [4.69, 9.17) is 4.74 Å². The number of aryl methyl sites for hydroxylation is 1. The van der Waals surface area contributed by atoms with E-state index >= 15 is 0 Å². The average Bonchev–Trinajstić information content (AvgIpc) is 2.77. The number of hydrogen-bond donors (Lipinski definition) is 0. The molecule has 1 aliphatic rings. The maximum Gasteiger partial charge on any atom is 0.122 e. The van der Waals surface area contributed by atoms with Crippen LogP contribution in [0.2, 0.25) is 0 Å². The van der Waals surface area contributed by atoms with Gasteiger partial charge in [0, 0.05) is 12.0 Å². The summed E-state index contributed by atoms with van der Waals surface area (Å²) in [5.74, 6) is 1.98. The van der Waals surface area contributed by atoms with Crippen molar-refractivity contribution in [3.05, 3.63) is 29.3 Å². The van der Waals surface area contributed by atoms with Gasteiger partial charge in [0.1, 0.15) is 5.75 Å². The lowest BCUT2D eigenvalue weighted by Gasteiger charge is -2.07. The molecule has 94 valence electrons. The zero-order valence-electron chi connectivity index (χ0n) is 11.2. The van der Waals surface area contributed by atoms with Crippen LogP contribution in [0.5, 0.6) is 5.75 Å². The standard InChI is InChI=1S/C16H24O/c1-13(2)7-4-3-5-8-14-9-6-10-16-15(14)11-12-17-16/h6,9-10,13H,3-5,7-8,11-12H2,1-2H3. The Morgan fingerprint density at radius 3 is 2.88 bits per heavy atom. The Hall–Kier alpha value is -0.980. The summed E-state index contributed by atoms with van der Waals surface area (Å²) < 4.78 is 5.60. The van der Waals surface area contributed by atoms with Gasteiger partial charge >= 0.3 is 0 Å². The molecule has 0 fully saturated rings. The normalized spacial score (nSPS) is 13.8. The summed E-state index contributed by atoms with van der Waals surface area (Å²) >= 11 is 0. The average molecular weight is 232 g/mol. The largest absolute Gasteiger partial charge is 0.493 e. The van der Waals surface area contributed by atoms with E-state index in [2.05, 4.69) is 32.0 Å². The first-order valence-electron chi connectivity index (χ1n) is 7.01. The van der Waals surface area contributed by atoms with Gasteiger partial charge in [0.05, 0.1) is 6.61 Å². The van der Waals surface area contributed by atoms with Crippen LogP contribution in [-0.2, 0) is 12.8 Å². The van der Waals surface area contributed by atoms with E-state index in [1.165, 1.54) is 43.2 Å². The molecule has 0 aliphatic carbocycles. The van der Waals surface area contributed by atoms with Gasteiger partial charge in [-0.1, -0.05) is 45.2 Å². The van der Waals surface area contributed by atoms with Gasteiger partial charge in [-0.05, 0) is 30.4 Å². The number of fused-ring (bicyclic) bond motifs is 1. The number of hydrogen-bond acceptors (Lipinski definition) is 1. The van der Waals surface area contributed by atoms with E-state index in [1.54, 1.807) is 0 Å². The molecule has 0 unspecified atom stereocenters. The van der Waals surface area contributed by atoms with Gasteiger partial charge in [0.25, 0.3) is 0 Å². The molecule has 1 heterocycles. The molecule has 0 saturated carbocycles. The molecule has 1 aromatic rings. The molecule has 1 heteroatoms. The molecule has 0 amide bonds. The van der Waals surface area contributed by atoms with Crippen LogP contribution < -0.4 is 4.74 Å². The van der Waals surface area contributed by atoms with E-state index in [9.17, 15) is 0 Å². The quantitative estimate of drug-likeness (QED) is 0.661. The van der Waals surface area contributed by atoms with Crippen molar-refractivity contribution in [3.63, 3.8) is 0 Å². The van der Waals surface area contributed by atoms with Crippen molar-refractivity contribution in [1.29, 1.82) is 0 Å². The van der Waals surface area contributed by atoms with E-state index < -0.39 is 0 Å². The van der Waals surface area contributed by atoms with E-state index in [0.717, 1.165) is 24.7 Å². The number of unbranched alkanes of at least 4 members (excludes halogenated alkanes) is 2. The predicted octanol–water partition coefficient (Wildman–Crippen LogP) is 4.38. The number of ether oxygens (including phenoxy) is 1. The molecule has 1 aliphatic heterocycles. The summed E-state index contributed by atoms with van der Waals surface area (Å²) in [6.45, 7) is 5.49. The molecule has 0 N–H and O–H groups in total. The van der Waals surface area contributed by atoms with Gasteiger partial charge in [0.15, 0.2) is 0 Å². The molecule has 2 rings (SSSR count). The van der Waals surface area contributed by atoms with Gasteiger partial charge in [-0.3, -0.25) is 0 Å². The second kappa shape index (κ2) is 6.09. The molecule has 1 nitrogen and oxygen atoms in total. The molecular formula is C16H24O. The number of rotatable bonds is 6. The Bertz CT molecular complexity index is 355. The summed E-state index contributed by atoms with van der Waals surface area (Å²) in [6.07, 6.45) is 7.77. The van der Waals surface area contributed by atoms with E-state index in [1.807, 2.05) is 0 Å². The minimum absolute atomic E-state index is 0.851. The monoisotopic (exact) mass is 232 g/mol. The van der Waals surface area contributed by atoms with Gasteiger partial charge in [-0.25, -0.2) is 0 Å². The Balaban J connectivity index is 1.78. The molecule has 0 radical (unpaired) electrons. The Labute approximate surface area is 105 Å². The SMILES string of the molecule is CC(C)CCCCCc1cccc2c1CCO2. The van der Waals surface area contributed by atoms with Crippen molar-refractivity contribution in [2.75, 3.05) is 6.61 Å². The highest BCUT2D eigenvalue weighted by Gasteiger charge is 2.14. The smallest absolute Gasteiger partial charge is 0.122 e. The summed E-state index contributed by atoms with van der Waals surface area (Å²) in [7, 11) is 0. The highest BCUT2D eigenvalue weighted by molar-refractivity contribution is 5.42. The lowest BCUT2D eigenvalue weighted by Crippen LogP contribution is -1.93. The summed E-state index contributed by atoms with van der Waals surface area (Å²) in [4.78, 5) is 0. The topological polar surface area (TPSA) is 9.23 Å². The first kappa shape index (κ1) is 12.5. The van der Waals surface area contributed by atoms with Crippen molar-refractivity contribution in [2.24, 2.45) is 5.92 Å². The molecule has 17 heavy (non-hydrogen) atoms. The minimum Gasteiger partial charge on any atom is -0.493 e. The highest BCUT2D eigenvalue weighted by atomic mass is 16.5. The van der Waals surface area contributed by atoms with Crippen LogP contribution in [0.1, 0.15) is 50.7 Å². The minimum atomic E-state index is 0.851. The molecule has 0 aromatic heterocycles. The zero-order valence-corrected chi connectivity index (χ0v) is 11.2. The molecule has 0 atom stereocenters. The van der Waals surface area contributed by atoms with Crippen LogP contribution >= 0.6 is 0 Å². The predicted molar refractivity (Wildman–Crippen MR) is 72.7 cm³/mol. The van der Waals surface area contributed by atoms with Crippen molar-refractivity contribution < 1.29 is 4.74 Å². The Morgan fingerprint density at radius 1 is 1.18 bits per heavy atom.